The molecule has 0 amide bonds. The maximum atomic E-state index is 5.17. The van der Waals surface area contributed by atoms with Crippen LogP contribution in [0.15, 0.2) is 133 Å². The Hall–Kier alpha value is -5.15. The molecule has 5 aromatic rings. The number of aryl methyl sites for hydroxylation is 1. The molecule has 0 saturated carbocycles. The van der Waals surface area contributed by atoms with Crippen LogP contribution in [0, 0.1) is 6.92 Å². The van der Waals surface area contributed by atoms with Crippen LogP contribution in [-0.2, 0) is 0 Å². The van der Waals surface area contributed by atoms with E-state index in [9.17, 15) is 0 Å². The summed E-state index contributed by atoms with van der Waals surface area (Å²) in [6, 6.07) is 29.8. The molecule has 0 bridgehead atoms. The summed E-state index contributed by atoms with van der Waals surface area (Å²) in [6.45, 7) is 7.89. The van der Waals surface area contributed by atoms with Crippen LogP contribution >= 0.6 is 0 Å². The number of hydrogen-bond acceptors (Lipinski definition) is 3. The monoisotopic (exact) mass is 529 g/mol. The van der Waals surface area contributed by atoms with E-state index in [-0.39, 0.29) is 0 Å². The van der Waals surface area contributed by atoms with Crippen molar-refractivity contribution in [2.75, 3.05) is 0 Å². The highest BCUT2D eigenvalue weighted by molar-refractivity contribution is 6.26. The lowest BCUT2D eigenvalue weighted by Crippen LogP contribution is -2.33. The Bertz CT molecular complexity index is 1970. The van der Waals surface area contributed by atoms with Crippen LogP contribution in [-0.4, -0.2) is 15.7 Å². The minimum absolute atomic E-state index is 0.752. The summed E-state index contributed by atoms with van der Waals surface area (Å²) in [5.41, 5.74) is 8.71. The van der Waals surface area contributed by atoms with E-state index in [1.165, 1.54) is 15.8 Å². The van der Waals surface area contributed by atoms with Gasteiger partial charge < -0.3 is 0 Å². The fourth-order valence-electron chi connectivity index (χ4n) is 5.32. The number of hydrogen-bond donors (Lipinski definition) is 0. The molecule has 0 atom stereocenters. The van der Waals surface area contributed by atoms with Crippen molar-refractivity contribution in [1.82, 2.24) is 9.97 Å². The van der Waals surface area contributed by atoms with Gasteiger partial charge in [0, 0.05) is 40.9 Å². The van der Waals surface area contributed by atoms with Gasteiger partial charge in [0.15, 0.2) is 5.82 Å². The smallest absolute Gasteiger partial charge is 0.155 e. The minimum atomic E-state index is 0.752. The van der Waals surface area contributed by atoms with Crippen molar-refractivity contribution < 1.29 is 0 Å². The predicted octanol–water partition coefficient (Wildman–Crippen LogP) is 7.91. The first-order valence-electron chi connectivity index (χ1n) is 13.9. The van der Waals surface area contributed by atoms with E-state index in [1.807, 2.05) is 36.7 Å². The quantitative estimate of drug-likeness (QED) is 0.210. The fraction of sp³-hybridized carbons (Fsp3) is 0.0789. The Morgan fingerprint density at radius 3 is 2.37 bits per heavy atom. The zero-order chi connectivity index (χ0) is 28.2. The zero-order valence-corrected chi connectivity index (χ0v) is 23.4. The summed E-state index contributed by atoms with van der Waals surface area (Å²) >= 11 is 0. The summed E-state index contributed by atoms with van der Waals surface area (Å²) in [4.78, 5) is 14.6. The van der Waals surface area contributed by atoms with Crippen molar-refractivity contribution in [2.45, 2.75) is 20.3 Å². The Balaban J connectivity index is 1.38. The van der Waals surface area contributed by atoms with Crippen molar-refractivity contribution in [1.29, 1.82) is 0 Å². The first kappa shape index (κ1) is 26.1. The normalized spacial score (nSPS) is 14.3. The maximum Gasteiger partial charge on any atom is 0.155 e. The summed E-state index contributed by atoms with van der Waals surface area (Å²) in [5, 5.41) is 4.75. The van der Waals surface area contributed by atoms with E-state index >= 15 is 0 Å². The highest BCUT2D eigenvalue weighted by Gasteiger charge is 2.16. The van der Waals surface area contributed by atoms with Gasteiger partial charge in [0.25, 0.3) is 0 Å². The van der Waals surface area contributed by atoms with Crippen molar-refractivity contribution in [2.24, 2.45) is 4.99 Å². The summed E-state index contributed by atoms with van der Waals surface area (Å²) < 4.78 is 0. The Morgan fingerprint density at radius 1 is 0.805 bits per heavy atom. The van der Waals surface area contributed by atoms with Crippen molar-refractivity contribution in [3.63, 3.8) is 0 Å². The van der Waals surface area contributed by atoms with Crippen molar-refractivity contribution in [3.05, 3.63) is 155 Å². The Labute approximate surface area is 241 Å². The first-order chi connectivity index (χ1) is 20.1. The molecule has 0 N–H and O–H groups in total. The van der Waals surface area contributed by atoms with Gasteiger partial charge in [-0.05, 0) is 52.4 Å². The van der Waals surface area contributed by atoms with Crippen LogP contribution in [0.5, 0.6) is 0 Å². The molecule has 6 rings (SSSR count). The first-order valence-corrected chi connectivity index (χ1v) is 13.9. The number of fused-ring (bicyclic) bond motifs is 2. The van der Waals surface area contributed by atoms with Gasteiger partial charge in [0.1, 0.15) is 0 Å². The molecular formula is C38H31N3. The van der Waals surface area contributed by atoms with E-state index in [0.717, 1.165) is 62.4 Å². The second kappa shape index (κ2) is 11.5. The van der Waals surface area contributed by atoms with Gasteiger partial charge in [-0.15, -0.1) is 0 Å². The number of benzene rings is 3. The van der Waals surface area contributed by atoms with E-state index < -0.39 is 0 Å². The molecule has 2 aromatic heterocycles. The molecule has 3 aromatic carbocycles. The summed E-state index contributed by atoms with van der Waals surface area (Å²) in [7, 11) is 0. The highest BCUT2D eigenvalue weighted by Crippen LogP contribution is 2.29. The van der Waals surface area contributed by atoms with Gasteiger partial charge in [0.05, 0.1) is 11.4 Å². The number of pyridine rings is 2. The Kier molecular flexibility index (Phi) is 7.34. The van der Waals surface area contributed by atoms with Gasteiger partial charge in [-0.3, -0.25) is 4.98 Å². The van der Waals surface area contributed by atoms with Gasteiger partial charge in [-0.2, -0.15) is 0 Å². The van der Waals surface area contributed by atoms with Crippen LogP contribution in [0.1, 0.15) is 30.2 Å². The molecule has 198 valence electrons. The average Bonchev–Trinajstić information content (AvgIpc) is 3.02. The van der Waals surface area contributed by atoms with E-state index in [4.69, 9.17) is 15.0 Å². The molecule has 0 radical (unpaired) electrons. The average molecular weight is 530 g/mol. The van der Waals surface area contributed by atoms with Gasteiger partial charge in [0.2, 0.25) is 0 Å². The Morgan fingerprint density at radius 2 is 1.56 bits per heavy atom. The number of nitrogens with zero attached hydrogens (tertiary/aromatic N) is 3. The SMILES string of the molecule is C=C/C=C\C=C(/C)c1ccc(-c2ccc(C3=c4ccccc4=CC/C3=N\c3ncc4ccccc4c3C)cc2)cn1. The minimum Gasteiger partial charge on any atom is -0.256 e. The van der Waals surface area contributed by atoms with E-state index in [2.05, 4.69) is 105 Å². The third-order valence-electron chi connectivity index (χ3n) is 7.57. The highest BCUT2D eigenvalue weighted by atomic mass is 14.9. The van der Waals surface area contributed by atoms with Crippen molar-refractivity contribution in [3.8, 4) is 11.1 Å². The number of aromatic nitrogens is 2. The van der Waals surface area contributed by atoms with Gasteiger partial charge in [-0.1, -0.05) is 116 Å². The molecule has 3 nitrogen and oxygen atoms in total. The van der Waals surface area contributed by atoms with Crippen LogP contribution in [0.4, 0.5) is 5.82 Å². The van der Waals surface area contributed by atoms with Crippen LogP contribution in [0.3, 0.4) is 0 Å². The lowest BCUT2D eigenvalue weighted by Gasteiger charge is -2.16. The molecule has 1 aliphatic rings. The zero-order valence-electron chi connectivity index (χ0n) is 23.4. The van der Waals surface area contributed by atoms with Gasteiger partial charge in [-0.25, -0.2) is 9.98 Å². The van der Waals surface area contributed by atoms with Gasteiger partial charge >= 0.3 is 0 Å². The third kappa shape index (κ3) is 5.35. The molecule has 0 spiro atoms. The predicted molar refractivity (Wildman–Crippen MR) is 174 cm³/mol. The number of aliphatic imine (C=N–C) groups is 1. The largest absolute Gasteiger partial charge is 0.256 e. The molecular weight excluding hydrogens is 498 g/mol. The second-order valence-electron chi connectivity index (χ2n) is 10.2. The molecule has 0 aliphatic heterocycles. The van der Waals surface area contributed by atoms with Crippen LogP contribution in [0.2, 0.25) is 0 Å². The lowest BCUT2D eigenvalue weighted by atomic mass is 9.90. The standard InChI is InChI=1S/C38H31N3/c1-4-5-6-11-26(2)35-22-21-31(24-39-35)28-16-18-30(19-17-28)37-34-15-10-7-12-29(34)20-23-36(37)41-38-27(3)33-14-9-8-13-32(33)25-40-38/h4-22,24-25H,1,23H2,2-3H3/b6-5-,26-11+,41-36+. The molecule has 41 heavy (non-hydrogen) atoms. The maximum absolute atomic E-state index is 5.17. The third-order valence-corrected chi connectivity index (χ3v) is 7.57. The molecule has 0 fully saturated rings. The lowest BCUT2D eigenvalue weighted by molar-refractivity contribution is 1.24. The van der Waals surface area contributed by atoms with Crippen LogP contribution < -0.4 is 10.4 Å². The molecule has 0 saturated heterocycles. The second-order valence-corrected chi connectivity index (χ2v) is 10.2. The van der Waals surface area contributed by atoms with E-state index in [1.54, 1.807) is 6.08 Å². The number of rotatable bonds is 6. The van der Waals surface area contributed by atoms with Crippen molar-refractivity contribution >= 4 is 39.5 Å². The molecule has 2 heterocycles. The topological polar surface area (TPSA) is 38.1 Å². The van der Waals surface area contributed by atoms with E-state index in [0.29, 0.717) is 0 Å². The fourth-order valence-corrected chi connectivity index (χ4v) is 5.32. The number of allylic oxidation sites excluding steroid dienone is 5. The summed E-state index contributed by atoms with van der Waals surface area (Å²) in [5.74, 6) is 0.774. The summed E-state index contributed by atoms with van der Waals surface area (Å²) in [6.07, 6.45) is 14.6. The molecule has 1 aliphatic carbocycles. The molecule has 3 heteroatoms. The van der Waals surface area contributed by atoms with Crippen LogP contribution in [0.25, 0.3) is 39.1 Å². The molecule has 0 unspecified atom stereocenters.